The maximum absolute atomic E-state index is 3.50. The predicted octanol–water partition coefficient (Wildman–Crippen LogP) is 6.94. The van der Waals surface area contributed by atoms with E-state index in [1.807, 2.05) is 0 Å². The van der Waals surface area contributed by atoms with Crippen LogP contribution in [0.25, 0.3) is 43.6 Å². The van der Waals surface area contributed by atoms with E-state index in [1.54, 1.807) is 0 Å². The molecule has 6 aromatic rings. The van der Waals surface area contributed by atoms with Crippen molar-refractivity contribution in [1.29, 1.82) is 0 Å². The normalized spacial score (nSPS) is 10.9. The van der Waals surface area contributed by atoms with E-state index in [-0.39, 0.29) is 5.48 Å². The Labute approximate surface area is 182 Å². The van der Waals surface area contributed by atoms with Crippen LogP contribution in [0.1, 0.15) is 25.0 Å². The first kappa shape index (κ1) is 20.7. The van der Waals surface area contributed by atoms with Gasteiger partial charge in [-0.05, 0) is 36.1 Å². The molecule has 2 heterocycles. The van der Waals surface area contributed by atoms with Gasteiger partial charge in [-0.1, -0.05) is 86.6 Å². The van der Waals surface area contributed by atoms with Crippen molar-refractivity contribution in [2.24, 2.45) is 0 Å². The van der Waals surface area contributed by atoms with Gasteiger partial charge < -0.3 is 15.4 Å². The molecule has 0 amide bonds. The van der Waals surface area contributed by atoms with Crippen molar-refractivity contribution < 1.29 is 5.48 Å². The van der Waals surface area contributed by atoms with Crippen LogP contribution in [0.2, 0.25) is 0 Å². The van der Waals surface area contributed by atoms with Gasteiger partial charge in [0.25, 0.3) is 0 Å². The van der Waals surface area contributed by atoms with Gasteiger partial charge in [0.15, 0.2) is 0 Å². The first-order chi connectivity index (χ1) is 14.8. The summed E-state index contributed by atoms with van der Waals surface area (Å²) in [5.74, 6) is 0. The van der Waals surface area contributed by atoms with E-state index >= 15 is 0 Å². The van der Waals surface area contributed by atoms with Crippen LogP contribution >= 0.6 is 0 Å². The highest BCUT2D eigenvalue weighted by atomic mass is 16.0. The van der Waals surface area contributed by atoms with Crippen molar-refractivity contribution in [1.82, 2.24) is 9.97 Å². The maximum atomic E-state index is 3.50. The summed E-state index contributed by atoms with van der Waals surface area (Å²) in [4.78, 5) is 6.99. The summed E-state index contributed by atoms with van der Waals surface area (Å²) in [6.07, 6.45) is 2.15. The van der Waals surface area contributed by atoms with Gasteiger partial charge in [0, 0.05) is 43.6 Å². The number of aryl methyl sites for hydroxylation is 2. The van der Waals surface area contributed by atoms with Gasteiger partial charge in [0.2, 0.25) is 0 Å². The molecule has 0 aliphatic rings. The summed E-state index contributed by atoms with van der Waals surface area (Å²) in [5.41, 5.74) is 7.83. The van der Waals surface area contributed by atoms with Gasteiger partial charge >= 0.3 is 0 Å². The second-order valence-corrected chi connectivity index (χ2v) is 7.73. The third-order valence-corrected chi connectivity index (χ3v) is 6.02. The number of hydrogen-bond acceptors (Lipinski definition) is 0. The molecule has 3 heteroatoms. The average molecular weight is 409 g/mol. The largest absolute Gasteiger partial charge is 0.412 e. The zero-order valence-electron chi connectivity index (χ0n) is 18.0. The minimum Gasteiger partial charge on any atom is -0.412 e. The minimum absolute atomic E-state index is 0. The standard InChI is InChI=1S/2C14H13N.H2O/c2*1-2-10-6-5-8-12-11-7-3-4-9-13(11)15-14(10)12;/h2*3-9,15H,2H2,1H3;1H2. The number of hydrogen-bond donors (Lipinski definition) is 2. The van der Waals surface area contributed by atoms with Crippen LogP contribution in [0.3, 0.4) is 0 Å². The van der Waals surface area contributed by atoms with Gasteiger partial charge in [-0.15, -0.1) is 0 Å². The Bertz CT molecular complexity index is 1360. The number of aromatic nitrogens is 2. The van der Waals surface area contributed by atoms with Crippen molar-refractivity contribution in [2.75, 3.05) is 0 Å². The number of aromatic amines is 2. The molecular weight excluding hydrogens is 380 g/mol. The fourth-order valence-electron chi connectivity index (χ4n) is 4.46. The highest BCUT2D eigenvalue weighted by Gasteiger charge is 2.06. The third-order valence-electron chi connectivity index (χ3n) is 6.02. The summed E-state index contributed by atoms with van der Waals surface area (Å²) in [6, 6.07) is 30.0. The molecule has 6 rings (SSSR count). The third kappa shape index (κ3) is 3.58. The second kappa shape index (κ2) is 8.66. The summed E-state index contributed by atoms with van der Waals surface area (Å²) >= 11 is 0. The van der Waals surface area contributed by atoms with Crippen LogP contribution < -0.4 is 0 Å². The van der Waals surface area contributed by atoms with Crippen LogP contribution in [-0.4, -0.2) is 15.4 Å². The number of fused-ring (bicyclic) bond motifs is 6. The minimum atomic E-state index is 0. The molecule has 0 fully saturated rings. The van der Waals surface area contributed by atoms with E-state index in [0.29, 0.717) is 0 Å². The van der Waals surface area contributed by atoms with Crippen molar-refractivity contribution in [3.05, 3.63) is 96.1 Å². The Morgan fingerprint density at radius 3 is 1.29 bits per heavy atom. The van der Waals surface area contributed by atoms with E-state index < -0.39 is 0 Å². The van der Waals surface area contributed by atoms with Gasteiger partial charge in [0.1, 0.15) is 0 Å². The monoisotopic (exact) mass is 408 g/mol. The number of rotatable bonds is 2. The number of H-pyrrole nitrogens is 2. The summed E-state index contributed by atoms with van der Waals surface area (Å²) < 4.78 is 0. The summed E-state index contributed by atoms with van der Waals surface area (Å²) in [7, 11) is 0. The van der Waals surface area contributed by atoms with Crippen LogP contribution in [0.5, 0.6) is 0 Å². The molecule has 4 N–H and O–H groups in total. The fourth-order valence-corrected chi connectivity index (χ4v) is 4.46. The van der Waals surface area contributed by atoms with Crippen molar-refractivity contribution in [3.8, 4) is 0 Å². The lowest BCUT2D eigenvalue weighted by molar-refractivity contribution is 0.824. The van der Waals surface area contributed by atoms with Crippen LogP contribution in [-0.2, 0) is 12.8 Å². The SMILES string of the molecule is CCc1cccc2c1[nH]c1ccccc12.CCc1cccc2c1[nH]c1ccccc12.O. The topological polar surface area (TPSA) is 63.1 Å². The zero-order valence-corrected chi connectivity index (χ0v) is 18.0. The molecule has 0 saturated heterocycles. The molecule has 0 aliphatic carbocycles. The lowest BCUT2D eigenvalue weighted by Crippen LogP contribution is -1.80. The molecule has 3 nitrogen and oxygen atoms in total. The maximum Gasteiger partial charge on any atom is 0.0497 e. The Morgan fingerprint density at radius 1 is 0.484 bits per heavy atom. The van der Waals surface area contributed by atoms with E-state index in [1.165, 1.54) is 54.7 Å². The Hall–Kier alpha value is -3.56. The Kier molecular flexibility index (Phi) is 5.79. The van der Waals surface area contributed by atoms with Crippen LogP contribution in [0, 0.1) is 0 Å². The van der Waals surface area contributed by atoms with Gasteiger partial charge in [-0.2, -0.15) is 0 Å². The van der Waals surface area contributed by atoms with E-state index in [2.05, 4.69) is 109 Å². The zero-order chi connectivity index (χ0) is 20.5. The molecule has 2 aromatic heterocycles. The highest BCUT2D eigenvalue weighted by molar-refractivity contribution is 6.09. The predicted molar refractivity (Wildman–Crippen MR) is 134 cm³/mol. The van der Waals surface area contributed by atoms with Gasteiger partial charge in [-0.25, -0.2) is 0 Å². The van der Waals surface area contributed by atoms with E-state index in [9.17, 15) is 0 Å². The molecule has 0 bridgehead atoms. The lowest BCUT2D eigenvalue weighted by atomic mass is 10.1. The molecule has 0 aliphatic heterocycles. The highest BCUT2D eigenvalue weighted by Crippen LogP contribution is 2.28. The molecular formula is C28H28N2O. The second-order valence-electron chi connectivity index (χ2n) is 7.73. The first-order valence-electron chi connectivity index (χ1n) is 10.8. The summed E-state index contributed by atoms with van der Waals surface area (Å²) in [6.45, 7) is 4.39. The molecule has 0 atom stereocenters. The van der Waals surface area contributed by atoms with Crippen molar-refractivity contribution in [3.63, 3.8) is 0 Å². The Morgan fingerprint density at radius 2 is 0.871 bits per heavy atom. The smallest absolute Gasteiger partial charge is 0.0497 e. The molecule has 0 saturated carbocycles. The fraction of sp³-hybridized carbons (Fsp3) is 0.143. The number of para-hydroxylation sites is 4. The Balaban J connectivity index is 0.000000144. The molecule has 0 radical (unpaired) electrons. The van der Waals surface area contributed by atoms with Crippen LogP contribution in [0.4, 0.5) is 0 Å². The van der Waals surface area contributed by atoms with Gasteiger partial charge in [-0.3, -0.25) is 0 Å². The molecule has 0 unspecified atom stereocenters. The molecule has 31 heavy (non-hydrogen) atoms. The van der Waals surface area contributed by atoms with Crippen molar-refractivity contribution in [2.45, 2.75) is 26.7 Å². The first-order valence-corrected chi connectivity index (χ1v) is 10.8. The van der Waals surface area contributed by atoms with E-state index in [4.69, 9.17) is 0 Å². The molecule has 0 spiro atoms. The lowest BCUT2D eigenvalue weighted by Gasteiger charge is -1.97. The number of nitrogens with one attached hydrogen (secondary N) is 2. The van der Waals surface area contributed by atoms with Gasteiger partial charge in [0.05, 0.1) is 0 Å². The average Bonchev–Trinajstić information content (AvgIpc) is 3.38. The quantitative estimate of drug-likeness (QED) is 0.312. The van der Waals surface area contributed by atoms with Crippen LogP contribution in [0.15, 0.2) is 84.9 Å². The van der Waals surface area contributed by atoms with E-state index in [0.717, 1.165) is 12.8 Å². The number of benzene rings is 4. The summed E-state index contributed by atoms with van der Waals surface area (Å²) in [5, 5.41) is 5.32. The van der Waals surface area contributed by atoms with Crippen molar-refractivity contribution >= 4 is 43.6 Å². The molecule has 156 valence electrons. The molecule has 4 aromatic carbocycles.